The predicted molar refractivity (Wildman–Crippen MR) is 105 cm³/mol. The number of amidine groups is 1. The zero-order chi connectivity index (χ0) is 21.3. The summed E-state index contributed by atoms with van der Waals surface area (Å²) in [6.07, 6.45) is 1.67. The van der Waals surface area contributed by atoms with E-state index in [9.17, 15) is 13.8 Å². The van der Waals surface area contributed by atoms with E-state index in [1.165, 1.54) is 18.4 Å². The van der Waals surface area contributed by atoms with E-state index < -0.39 is 9.92 Å². The molecule has 1 aliphatic heterocycles. The summed E-state index contributed by atoms with van der Waals surface area (Å²) in [6, 6.07) is 4.22. The Hall–Kier alpha value is -2.61. The molecule has 13 heteroatoms. The second-order valence-electron chi connectivity index (χ2n) is 7.18. The number of halogens is 1. The molecule has 2 aromatic rings. The number of nitrogens with one attached hydrogen (secondary N) is 3. The maximum atomic E-state index is 13.5. The zero-order valence-corrected chi connectivity index (χ0v) is 17.0. The van der Waals surface area contributed by atoms with Gasteiger partial charge in [0.1, 0.15) is 15.7 Å². The van der Waals surface area contributed by atoms with Gasteiger partial charge in [0.25, 0.3) is 0 Å². The van der Waals surface area contributed by atoms with Crippen molar-refractivity contribution in [2.75, 3.05) is 37.8 Å². The van der Waals surface area contributed by atoms with Crippen LogP contribution in [0.15, 0.2) is 27.8 Å². The highest BCUT2D eigenvalue weighted by molar-refractivity contribution is 7.89. The third-order valence-corrected chi connectivity index (χ3v) is 6.39. The lowest BCUT2D eigenvalue weighted by molar-refractivity contribution is 0.00787. The Labute approximate surface area is 172 Å². The van der Waals surface area contributed by atoms with Crippen LogP contribution in [0, 0.1) is 10.6 Å². The second kappa shape index (κ2) is 8.26. The number of aliphatic imine (C=N–C) groups is 1. The molecule has 1 saturated heterocycles. The molecule has 3 atom stereocenters. The Balaban J connectivity index is 1.45. The molecular formula is C17H22FN7O4S. The lowest BCUT2D eigenvalue weighted by Gasteiger charge is -2.32. The van der Waals surface area contributed by atoms with Crippen molar-refractivity contribution >= 4 is 21.6 Å². The van der Waals surface area contributed by atoms with E-state index >= 15 is 0 Å². The highest BCUT2D eigenvalue weighted by Gasteiger charge is 2.29. The summed E-state index contributed by atoms with van der Waals surface area (Å²) in [6.45, 7) is 1.42. The monoisotopic (exact) mass is 439 g/mol. The van der Waals surface area contributed by atoms with E-state index in [1.54, 1.807) is 10.4 Å². The van der Waals surface area contributed by atoms with Crippen molar-refractivity contribution in [3.63, 3.8) is 0 Å². The lowest BCUT2D eigenvalue weighted by atomic mass is 9.83. The number of hydrogen-bond acceptors (Lipinski definition) is 9. The molecule has 0 amide bonds. The molecule has 1 unspecified atom stereocenters. The van der Waals surface area contributed by atoms with Gasteiger partial charge in [-0.15, -0.1) is 0 Å². The van der Waals surface area contributed by atoms with E-state index in [0.717, 1.165) is 11.1 Å². The van der Waals surface area contributed by atoms with Gasteiger partial charge in [-0.05, 0) is 40.0 Å². The van der Waals surface area contributed by atoms with Crippen LogP contribution in [0.3, 0.4) is 0 Å². The quantitative estimate of drug-likeness (QED) is 0.295. The summed E-state index contributed by atoms with van der Waals surface area (Å²) in [5, 5.41) is 20.2. The number of hydroxylamine groups is 1. The average molecular weight is 439 g/mol. The molecule has 2 aliphatic rings. The fourth-order valence-corrected chi connectivity index (χ4v) is 4.34. The predicted octanol–water partition coefficient (Wildman–Crippen LogP) is 0.936. The lowest BCUT2D eigenvalue weighted by Crippen LogP contribution is -2.47. The molecule has 4 N–H and O–H groups in total. The summed E-state index contributed by atoms with van der Waals surface area (Å²) in [5.74, 6) is -0.0756. The molecule has 162 valence electrons. The molecular weight excluding hydrogens is 417 g/mol. The van der Waals surface area contributed by atoms with E-state index in [4.69, 9.17) is 14.1 Å². The van der Waals surface area contributed by atoms with Crippen molar-refractivity contribution in [1.29, 1.82) is 4.78 Å². The van der Waals surface area contributed by atoms with E-state index in [2.05, 4.69) is 20.6 Å². The third kappa shape index (κ3) is 4.28. The Morgan fingerprint density at radius 1 is 1.50 bits per heavy atom. The van der Waals surface area contributed by atoms with Crippen LogP contribution in [0.4, 0.5) is 10.2 Å². The molecule has 1 aromatic carbocycles. The SMILES string of the molecule is CS(=N)(=O)N1CCO[C@@H](CNc2nonc2C(=N[C@H]2Cc3ccc(F)cc32)NO)C1. The molecule has 30 heavy (non-hydrogen) atoms. The largest absolute Gasteiger partial charge is 0.374 e. The Morgan fingerprint density at radius 3 is 3.10 bits per heavy atom. The van der Waals surface area contributed by atoms with Gasteiger partial charge in [0.15, 0.2) is 11.5 Å². The van der Waals surface area contributed by atoms with E-state index in [1.807, 2.05) is 5.48 Å². The summed E-state index contributed by atoms with van der Waals surface area (Å²) >= 11 is 0. The molecule has 1 fully saturated rings. The van der Waals surface area contributed by atoms with Gasteiger partial charge in [-0.25, -0.2) is 22.3 Å². The summed E-state index contributed by atoms with van der Waals surface area (Å²) in [7, 11) is -2.80. The molecule has 0 radical (unpaired) electrons. The van der Waals surface area contributed by atoms with Crippen LogP contribution in [-0.2, 0) is 21.1 Å². The molecule has 2 heterocycles. The molecule has 0 bridgehead atoms. The maximum absolute atomic E-state index is 13.5. The Bertz CT molecular complexity index is 1060. The molecule has 4 rings (SSSR count). The fraction of sp³-hybridized carbons (Fsp3) is 0.471. The van der Waals surface area contributed by atoms with Crippen LogP contribution in [0.5, 0.6) is 0 Å². The topological polar surface area (TPSA) is 149 Å². The van der Waals surface area contributed by atoms with E-state index in [-0.39, 0.29) is 35.3 Å². The van der Waals surface area contributed by atoms with Gasteiger partial charge >= 0.3 is 0 Å². The van der Waals surface area contributed by atoms with Gasteiger partial charge in [0.2, 0.25) is 5.82 Å². The van der Waals surface area contributed by atoms with Crippen LogP contribution in [0.2, 0.25) is 0 Å². The molecule has 0 saturated carbocycles. The van der Waals surface area contributed by atoms with Gasteiger partial charge in [-0.3, -0.25) is 15.7 Å². The summed E-state index contributed by atoms with van der Waals surface area (Å²) in [5.41, 5.74) is 3.92. The summed E-state index contributed by atoms with van der Waals surface area (Å²) in [4.78, 5) is 4.41. The Morgan fingerprint density at radius 2 is 2.33 bits per heavy atom. The number of rotatable bonds is 6. The zero-order valence-electron chi connectivity index (χ0n) is 16.2. The van der Waals surface area contributed by atoms with Crippen molar-refractivity contribution in [3.05, 3.63) is 40.8 Å². The first-order valence-corrected chi connectivity index (χ1v) is 11.2. The first-order valence-electron chi connectivity index (χ1n) is 9.28. The maximum Gasteiger partial charge on any atom is 0.202 e. The number of ether oxygens (including phenoxy) is 1. The van der Waals surface area contributed by atoms with Crippen molar-refractivity contribution in [2.45, 2.75) is 18.6 Å². The smallest absolute Gasteiger partial charge is 0.202 e. The number of nitrogens with zero attached hydrogens (tertiary/aromatic N) is 4. The van der Waals surface area contributed by atoms with Crippen LogP contribution in [0.25, 0.3) is 0 Å². The van der Waals surface area contributed by atoms with Crippen molar-refractivity contribution in [2.24, 2.45) is 4.99 Å². The molecule has 1 aliphatic carbocycles. The number of anilines is 1. The van der Waals surface area contributed by atoms with Gasteiger partial charge in [0.05, 0.1) is 18.8 Å². The van der Waals surface area contributed by atoms with Gasteiger partial charge in [-0.2, -0.15) is 0 Å². The minimum Gasteiger partial charge on any atom is -0.374 e. The van der Waals surface area contributed by atoms with Crippen LogP contribution in [-0.4, -0.2) is 68.5 Å². The molecule has 1 aromatic heterocycles. The van der Waals surface area contributed by atoms with Gasteiger partial charge < -0.3 is 10.1 Å². The van der Waals surface area contributed by atoms with Crippen LogP contribution in [0.1, 0.15) is 22.9 Å². The van der Waals surface area contributed by atoms with Crippen molar-refractivity contribution in [1.82, 2.24) is 20.1 Å². The van der Waals surface area contributed by atoms with Crippen molar-refractivity contribution < 1.29 is 23.2 Å². The van der Waals surface area contributed by atoms with Crippen LogP contribution >= 0.6 is 0 Å². The fourth-order valence-electron chi connectivity index (χ4n) is 3.47. The minimum absolute atomic E-state index is 0.0348. The van der Waals surface area contributed by atoms with Crippen LogP contribution < -0.4 is 10.8 Å². The average Bonchev–Trinajstić information content (AvgIpc) is 3.17. The number of benzene rings is 1. The first kappa shape index (κ1) is 20.7. The number of aromatic nitrogens is 2. The van der Waals surface area contributed by atoms with Crippen molar-refractivity contribution in [3.8, 4) is 0 Å². The number of hydrogen-bond donors (Lipinski definition) is 4. The number of morpholine rings is 1. The van der Waals surface area contributed by atoms with Gasteiger partial charge in [0, 0.05) is 25.9 Å². The number of fused-ring (bicyclic) bond motifs is 1. The first-order chi connectivity index (χ1) is 14.3. The van der Waals surface area contributed by atoms with E-state index in [0.29, 0.717) is 32.7 Å². The Kier molecular flexibility index (Phi) is 5.69. The second-order valence-corrected chi connectivity index (χ2v) is 9.30. The van der Waals surface area contributed by atoms with Gasteiger partial charge in [-0.1, -0.05) is 6.07 Å². The standard InChI is InChI=1S/C17H22FN7O4S/c1-30(19,27)25-4-5-28-12(9-25)8-20-16-15(23-29-24-16)17(22-26)21-14-6-10-2-3-11(18)7-13(10)14/h2-3,7,12,14,19,26H,4-6,8-9H2,1H3,(H,20,24)(H,21,22)/t12-,14-,30?/m0/s1. The highest BCUT2D eigenvalue weighted by atomic mass is 32.2. The minimum atomic E-state index is -2.80. The molecule has 0 spiro atoms. The highest BCUT2D eigenvalue weighted by Crippen LogP contribution is 2.36. The summed E-state index contributed by atoms with van der Waals surface area (Å²) < 4.78 is 45.2. The molecule has 11 nitrogen and oxygen atoms in total. The normalized spacial score (nSPS) is 23.9. The third-order valence-electron chi connectivity index (χ3n) is 5.08.